The van der Waals surface area contributed by atoms with Crippen molar-refractivity contribution in [2.24, 2.45) is 0 Å². The van der Waals surface area contributed by atoms with Gasteiger partial charge in [0.1, 0.15) is 16.8 Å². The molecule has 0 bridgehead atoms. The first-order chi connectivity index (χ1) is 16.9. The number of amides is 2. The van der Waals surface area contributed by atoms with Crippen molar-refractivity contribution < 1.29 is 14.3 Å². The van der Waals surface area contributed by atoms with E-state index in [1.807, 2.05) is 53.8 Å². The topological polar surface area (TPSA) is 100 Å². The van der Waals surface area contributed by atoms with E-state index >= 15 is 0 Å². The maximum Gasteiger partial charge on any atom is 0.225 e. The van der Waals surface area contributed by atoms with Crippen molar-refractivity contribution >= 4 is 28.2 Å². The highest BCUT2D eigenvalue weighted by Crippen LogP contribution is 2.37. The van der Waals surface area contributed by atoms with Crippen LogP contribution in [-0.2, 0) is 29.1 Å². The molecule has 4 rings (SSSR count). The van der Waals surface area contributed by atoms with Crippen LogP contribution < -0.4 is 10.1 Å². The Morgan fingerprint density at radius 2 is 2.14 bits per heavy atom. The van der Waals surface area contributed by atoms with Crippen LogP contribution in [0.2, 0.25) is 0 Å². The van der Waals surface area contributed by atoms with Crippen LogP contribution in [0.25, 0.3) is 0 Å². The predicted octanol–water partition coefficient (Wildman–Crippen LogP) is 4.24. The van der Waals surface area contributed by atoms with Gasteiger partial charge in [0, 0.05) is 37.0 Å². The van der Waals surface area contributed by atoms with Gasteiger partial charge >= 0.3 is 0 Å². The molecule has 1 aliphatic heterocycles. The van der Waals surface area contributed by atoms with E-state index in [1.165, 1.54) is 11.3 Å². The van der Waals surface area contributed by atoms with Crippen LogP contribution >= 0.6 is 11.3 Å². The molecule has 3 aromatic rings. The summed E-state index contributed by atoms with van der Waals surface area (Å²) in [5.41, 5.74) is 3.36. The second-order valence-electron chi connectivity index (χ2n) is 8.78. The summed E-state index contributed by atoms with van der Waals surface area (Å²) in [6, 6.07) is 9.94. The van der Waals surface area contributed by atoms with E-state index in [4.69, 9.17) is 4.74 Å². The number of carbonyl (C=O) groups excluding carboxylic acids is 2. The molecule has 0 radical (unpaired) electrons. The summed E-state index contributed by atoms with van der Waals surface area (Å²) >= 11 is 1.40. The van der Waals surface area contributed by atoms with Gasteiger partial charge in [0.05, 0.1) is 31.2 Å². The maximum absolute atomic E-state index is 12.8. The number of hydrogen-bond donors (Lipinski definition) is 1. The third kappa shape index (κ3) is 5.54. The SMILES string of the molecule is COc1ccccc1C(C)CC(=O)Nc1sc2c(c1C#N)CCN(C(=O)CCn1cnc(C)c1)C2. The van der Waals surface area contributed by atoms with Gasteiger partial charge in [-0.05, 0) is 36.5 Å². The summed E-state index contributed by atoms with van der Waals surface area (Å²) in [4.78, 5) is 32.6. The van der Waals surface area contributed by atoms with E-state index in [9.17, 15) is 14.9 Å². The Morgan fingerprint density at radius 1 is 1.34 bits per heavy atom. The third-order valence-corrected chi connectivity index (χ3v) is 7.41. The monoisotopic (exact) mass is 491 g/mol. The average Bonchev–Trinajstić information content (AvgIpc) is 3.43. The zero-order valence-corrected chi connectivity index (χ0v) is 21.0. The highest BCUT2D eigenvalue weighted by Gasteiger charge is 2.27. The van der Waals surface area contributed by atoms with Crippen molar-refractivity contribution in [1.82, 2.24) is 14.5 Å². The van der Waals surface area contributed by atoms with Crippen molar-refractivity contribution in [3.05, 3.63) is 64.1 Å². The number of ether oxygens (including phenoxy) is 1. The Hall–Kier alpha value is -3.64. The summed E-state index contributed by atoms with van der Waals surface area (Å²) in [6.07, 6.45) is 4.93. The predicted molar refractivity (Wildman–Crippen MR) is 134 cm³/mol. The number of benzene rings is 1. The van der Waals surface area contributed by atoms with Crippen LogP contribution in [-0.4, -0.2) is 39.9 Å². The van der Waals surface area contributed by atoms with Gasteiger partial charge in [-0.1, -0.05) is 25.1 Å². The van der Waals surface area contributed by atoms with Crippen LogP contribution in [0.15, 0.2) is 36.8 Å². The standard InChI is InChI=1S/C26H29N5O3S/c1-17(19-6-4-5-7-22(19)34-3)12-24(32)29-26-21(13-27)20-8-11-31(15-23(20)35-26)25(33)9-10-30-14-18(2)28-16-30/h4-7,14,16-17H,8-12,15H2,1-3H3,(H,29,32). The zero-order valence-electron chi connectivity index (χ0n) is 20.2. The first-order valence-electron chi connectivity index (χ1n) is 11.6. The van der Waals surface area contributed by atoms with Crippen LogP contribution in [0.5, 0.6) is 5.75 Å². The van der Waals surface area contributed by atoms with Gasteiger partial charge in [0.25, 0.3) is 0 Å². The second-order valence-corrected chi connectivity index (χ2v) is 9.89. The Kier molecular flexibility index (Phi) is 7.51. The quantitative estimate of drug-likeness (QED) is 0.508. The Bertz CT molecular complexity index is 1270. The second kappa shape index (κ2) is 10.7. The molecular weight excluding hydrogens is 462 g/mol. The minimum Gasteiger partial charge on any atom is -0.496 e. The first-order valence-corrected chi connectivity index (χ1v) is 12.4. The van der Waals surface area contributed by atoms with Gasteiger partial charge in [-0.3, -0.25) is 9.59 Å². The van der Waals surface area contributed by atoms with E-state index < -0.39 is 0 Å². The molecular formula is C26H29N5O3S. The number of thiophene rings is 1. The molecule has 1 atom stereocenters. The molecule has 1 aromatic carbocycles. The van der Waals surface area contributed by atoms with Crippen molar-refractivity contribution in [1.29, 1.82) is 5.26 Å². The number of carbonyl (C=O) groups is 2. The third-order valence-electron chi connectivity index (χ3n) is 6.28. The fourth-order valence-electron chi connectivity index (χ4n) is 4.44. The number of nitrogens with one attached hydrogen (secondary N) is 1. The lowest BCUT2D eigenvalue weighted by Crippen LogP contribution is -2.35. The summed E-state index contributed by atoms with van der Waals surface area (Å²) in [5.74, 6) is 0.635. The van der Waals surface area contributed by atoms with E-state index in [0.29, 0.717) is 43.0 Å². The minimum atomic E-state index is -0.151. The average molecular weight is 492 g/mol. The number of hydrogen-bond acceptors (Lipinski definition) is 6. The normalized spacial score (nSPS) is 13.6. The number of para-hydroxylation sites is 1. The number of imidazole rings is 1. The maximum atomic E-state index is 12.8. The molecule has 35 heavy (non-hydrogen) atoms. The summed E-state index contributed by atoms with van der Waals surface area (Å²) in [6.45, 7) is 5.52. The molecule has 1 unspecified atom stereocenters. The number of methoxy groups -OCH3 is 1. The largest absolute Gasteiger partial charge is 0.496 e. The molecule has 182 valence electrons. The molecule has 3 heterocycles. The summed E-state index contributed by atoms with van der Waals surface area (Å²) < 4.78 is 7.34. The van der Waals surface area contributed by atoms with Crippen LogP contribution in [0, 0.1) is 18.3 Å². The lowest BCUT2D eigenvalue weighted by atomic mass is 9.96. The molecule has 8 nitrogen and oxygen atoms in total. The zero-order chi connectivity index (χ0) is 24.9. The summed E-state index contributed by atoms with van der Waals surface area (Å²) in [5, 5.41) is 13.3. The molecule has 2 amide bonds. The fraction of sp³-hybridized carbons (Fsp3) is 0.385. The fourth-order valence-corrected chi connectivity index (χ4v) is 5.67. The lowest BCUT2D eigenvalue weighted by molar-refractivity contribution is -0.132. The molecule has 1 aliphatic rings. The van der Waals surface area contributed by atoms with Gasteiger partial charge in [0.15, 0.2) is 0 Å². The lowest BCUT2D eigenvalue weighted by Gasteiger charge is -2.27. The molecule has 0 aliphatic carbocycles. The number of aromatic nitrogens is 2. The van der Waals surface area contributed by atoms with Gasteiger partial charge in [-0.25, -0.2) is 4.98 Å². The highest BCUT2D eigenvalue weighted by atomic mass is 32.1. The van der Waals surface area contributed by atoms with Gasteiger partial charge < -0.3 is 19.5 Å². The van der Waals surface area contributed by atoms with Gasteiger partial charge in [-0.2, -0.15) is 5.26 Å². The summed E-state index contributed by atoms with van der Waals surface area (Å²) in [7, 11) is 1.62. The Balaban J connectivity index is 1.40. The molecule has 0 saturated carbocycles. The molecule has 0 fully saturated rings. The van der Waals surface area contributed by atoms with E-state index in [1.54, 1.807) is 13.4 Å². The van der Waals surface area contributed by atoms with Gasteiger partial charge in [-0.15, -0.1) is 11.3 Å². The van der Waals surface area contributed by atoms with Crippen LogP contribution in [0.3, 0.4) is 0 Å². The van der Waals surface area contributed by atoms with Crippen molar-refractivity contribution in [3.63, 3.8) is 0 Å². The molecule has 0 saturated heterocycles. The van der Waals surface area contributed by atoms with Crippen LogP contribution in [0.1, 0.15) is 52.9 Å². The van der Waals surface area contributed by atoms with Gasteiger partial charge in [0.2, 0.25) is 11.8 Å². The molecule has 1 N–H and O–H groups in total. The number of aryl methyl sites for hydroxylation is 2. The van der Waals surface area contributed by atoms with E-state index in [0.717, 1.165) is 27.4 Å². The molecule has 2 aromatic heterocycles. The van der Waals surface area contributed by atoms with Crippen LogP contribution in [0.4, 0.5) is 5.00 Å². The van der Waals surface area contributed by atoms with Crippen molar-refractivity contribution in [2.75, 3.05) is 19.0 Å². The number of anilines is 1. The first kappa shape index (κ1) is 24.5. The minimum absolute atomic E-state index is 0.0429. The van der Waals surface area contributed by atoms with E-state index in [2.05, 4.69) is 16.4 Å². The van der Waals surface area contributed by atoms with Crippen molar-refractivity contribution in [2.45, 2.75) is 52.1 Å². The number of fused-ring (bicyclic) bond motifs is 1. The van der Waals surface area contributed by atoms with E-state index in [-0.39, 0.29) is 24.2 Å². The highest BCUT2D eigenvalue weighted by molar-refractivity contribution is 7.16. The van der Waals surface area contributed by atoms with Crippen molar-refractivity contribution in [3.8, 4) is 11.8 Å². The Morgan fingerprint density at radius 3 is 2.86 bits per heavy atom. The molecule has 0 spiro atoms. The smallest absolute Gasteiger partial charge is 0.225 e. The molecule has 9 heteroatoms. The number of nitrogens with zero attached hydrogens (tertiary/aromatic N) is 4. The Labute approximate surface area is 209 Å². The number of rotatable bonds is 8. The number of nitriles is 1.